The van der Waals surface area contributed by atoms with Crippen molar-refractivity contribution in [1.82, 2.24) is 14.5 Å². The second kappa shape index (κ2) is 8.39. The molecule has 29 heavy (non-hydrogen) atoms. The number of hydrogen-bond acceptors (Lipinski definition) is 3. The maximum Gasteiger partial charge on any atom is 0.408 e. The summed E-state index contributed by atoms with van der Waals surface area (Å²) in [5.41, 5.74) is 1.36. The summed E-state index contributed by atoms with van der Waals surface area (Å²) in [5.74, 6) is 1.44. The van der Waals surface area contributed by atoms with E-state index >= 15 is 0 Å². The van der Waals surface area contributed by atoms with Gasteiger partial charge in [0.15, 0.2) is 0 Å². The zero-order valence-corrected chi connectivity index (χ0v) is 17.2. The third kappa shape index (κ3) is 4.59. The van der Waals surface area contributed by atoms with Crippen molar-refractivity contribution < 1.29 is 14.6 Å². The number of ether oxygens (including phenoxy) is 1. The van der Waals surface area contributed by atoms with Crippen LogP contribution in [0.2, 0.25) is 0 Å². The molecular weight excluding hydrogens is 366 g/mol. The molecule has 2 aromatic carbocycles. The molecule has 152 valence electrons. The van der Waals surface area contributed by atoms with Crippen LogP contribution in [0.5, 0.6) is 5.75 Å². The van der Waals surface area contributed by atoms with Crippen LogP contribution in [0.3, 0.4) is 0 Å². The Balaban J connectivity index is 2.09. The van der Waals surface area contributed by atoms with Crippen LogP contribution in [-0.2, 0) is 6.42 Å². The molecule has 6 nitrogen and oxygen atoms in total. The van der Waals surface area contributed by atoms with Gasteiger partial charge in [-0.05, 0) is 50.6 Å². The molecule has 0 bridgehead atoms. The monoisotopic (exact) mass is 393 g/mol. The van der Waals surface area contributed by atoms with Crippen LogP contribution >= 0.6 is 0 Å². The van der Waals surface area contributed by atoms with E-state index in [4.69, 9.17) is 4.74 Å². The fraction of sp³-hybridized carbons (Fsp3) is 0.304. The van der Waals surface area contributed by atoms with Crippen LogP contribution in [0.1, 0.15) is 38.2 Å². The molecule has 0 spiro atoms. The van der Waals surface area contributed by atoms with E-state index in [2.05, 4.69) is 4.98 Å². The van der Waals surface area contributed by atoms with Gasteiger partial charge in [0, 0.05) is 30.0 Å². The molecule has 1 atom stereocenters. The molecule has 3 aromatic rings. The predicted molar refractivity (Wildman–Crippen MR) is 113 cm³/mol. The molecule has 0 aliphatic rings. The number of hydrogen-bond donors (Lipinski definition) is 1. The van der Waals surface area contributed by atoms with Crippen molar-refractivity contribution in [3.8, 4) is 11.4 Å². The van der Waals surface area contributed by atoms with E-state index in [1.165, 1.54) is 4.90 Å². The van der Waals surface area contributed by atoms with Gasteiger partial charge in [-0.15, -0.1) is 0 Å². The summed E-state index contributed by atoms with van der Waals surface area (Å²) >= 11 is 0. The molecular formula is C23H27N3O3. The van der Waals surface area contributed by atoms with Crippen molar-refractivity contribution >= 4 is 6.09 Å². The van der Waals surface area contributed by atoms with Crippen LogP contribution in [0.25, 0.3) is 5.69 Å². The fourth-order valence-corrected chi connectivity index (χ4v) is 3.55. The molecule has 1 heterocycles. The quantitative estimate of drug-likeness (QED) is 0.644. The summed E-state index contributed by atoms with van der Waals surface area (Å²) in [6.45, 7) is 5.71. The molecule has 0 aliphatic heterocycles. The van der Waals surface area contributed by atoms with Crippen molar-refractivity contribution in [3.05, 3.63) is 78.4 Å². The fourth-order valence-electron chi connectivity index (χ4n) is 3.55. The molecule has 3 rings (SSSR count). The minimum absolute atomic E-state index is 0.452. The van der Waals surface area contributed by atoms with Crippen molar-refractivity contribution in [3.63, 3.8) is 0 Å². The van der Waals surface area contributed by atoms with E-state index in [0.29, 0.717) is 12.2 Å². The minimum Gasteiger partial charge on any atom is -0.497 e. The Hall–Kier alpha value is -3.28. The molecule has 1 amide bonds. The summed E-state index contributed by atoms with van der Waals surface area (Å²) in [6.07, 6.45) is 3.12. The Bertz CT molecular complexity index is 944. The number of amides is 1. The van der Waals surface area contributed by atoms with Crippen LogP contribution in [0.4, 0.5) is 4.79 Å². The number of benzene rings is 2. The highest BCUT2D eigenvalue weighted by Crippen LogP contribution is 2.32. The van der Waals surface area contributed by atoms with Crippen molar-refractivity contribution in [2.45, 2.75) is 38.8 Å². The van der Waals surface area contributed by atoms with E-state index < -0.39 is 17.7 Å². The number of nitrogens with zero attached hydrogens (tertiary/aromatic N) is 3. The van der Waals surface area contributed by atoms with Gasteiger partial charge in [0.25, 0.3) is 0 Å². The van der Waals surface area contributed by atoms with Gasteiger partial charge in [0.2, 0.25) is 0 Å². The first-order valence-corrected chi connectivity index (χ1v) is 9.55. The third-order valence-corrected chi connectivity index (χ3v) is 4.83. The number of aromatic nitrogens is 2. The second-order valence-electron chi connectivity index (χ2n) is 7.88. The van der Waals surface area contributed by atoms with Gasteiger partial charge in [-0.25, -0.2) is 9.78 Å². The van der Waals surface area contributed by atoms with Crippen molar-refractivity contribution in [1.29, 1.82) is 0 Å². The highest BCUT2D eigenvalue weighted by Gasteiger charge is 2.36. The molecule has 6 heteroatoms. The number of carbonyl (C=O) groups is 1. The van der Waals surface area contributed by atoms with E-state index in [9.17, 15) is 9.90 Å². The zero-order chi connectivity index (χ0) is 21.0. The summed E-state index contributed by atoms with van der Waals surface area (Å²) in [5, 5.41) is 10.1. The Morgan fingerprint density at radius 1 is 1.14 bits per heavy atom. The molecule has 0 saturated carbocycles. The maximum atomic E-state index is 12.3. The highest BCUT2D eigenvalue weighted by molar-refractivity contribution is 5.67. The van der Waals surface area contributed by atoms with Crippen LogP contribution in [-0.4, -0.2) is 38.3 Å². The first-order valence-electron chi connectivity index (χ1n) is 9.55. The average Bonchev–Trinajstić information content (AvgIpc) is 3.16. The lowest BCUT2D eigenvalue weighted by atomic mass is 9.97. The minimum atomic E-state index is -0.970. The number of carboxylic acid groups (broad SMARTS) is 1. The Labute approximate surface area is 171 Å². The topological polar surface area (TPSA) is 67.6 Å². The molecule has 1 aromatic heterocycles. The van der Waals surface area contributed by atoms with Crippen LogP contribution < -0.4 is 4.74 Å². The summed E-state index contributed by atoms with van der Waals surface area (Å²) in [7, 11) is 1.63. The molecule has 1 N–H and O–H groups in total. The van der Waals surface area contributed by atoms with Gasteiger partial charge in [0.1, 0.15) is 11.6 Å². The number of imidazole rings is 1. The Morgan fingerprint density at radius 3 is 2.34 bits per heavy atom. The van der Waals surface area contributed by atoms with Gasteiger partial charge in [-0.3, -0.25) is 4.90 Å². The summed E-state index contributed by atoms with van der Waals surface area (Å²) < 4.78 is 7.19. The SMILES string of the molecule is COc1ccc(-n2ccnc2[C@H](Cc2ccccc2)N(C(=O)O)C(C)(C)C)cc1. The molecule has 0 saturated heterocycles. The largest absolute Gasteiger partial charge is 0.497 e. The maximum absolute atomic E-state index is 12.3. The van der Waals surface area contributed by atoms with Gasteiger partial charge >= 0.3 is 6.09 Å². The van der Waals surface area contributed by atoms with Crippen LogP contribution in [0, 0.1) is 0 Å². The third-order valence-electron chi connectivity index (χ3n) is 4.83. The highest BCUT2D eigenvalue weighted by atomic mass is 16.5. The van der Waals surface area contributed by atoms with Crippen LogP contribution in [0.15, 0.2) is 67.0 Å². The molecule has 0 fully saturated rings. The number of methoxy groups -OCH3 is 1. The lowest BCUT2D eigenvalue weighted by Gasteiger charge is -2.39. The van der Waals surface area contributed by atoms with Gasteiger partial charge in [-0.2, -0.15) is 0 Å². The normalized spacial score (nSPS) is 12.4. The second-order valence-corrected chi connectivity index (χ2v) is 7.88. The van der Waals surface area contributed by atoms with E-state index in [1.807, 2.05) is 86.1 Å². The standard InChI is InChI=1S/C23H27N3O3/c1-23(2,3)26(22(27)28)20(16-17-8-6-5-7-9-17)21-24-14-15-25(21)18-10-12-19(29-4)13-11-18/h5-15,20H,16H2,1-4H3,(H,27,28)/t20-/m0/s1. The van der Waals surface area contributed by atoms with E-state index in [0.717, 1.165) is 17.0 Å². The van der Waals surface area contributed by atoms with E-state index in [1.54, 1.807) is 13.3 Å². The lowest BCUT2D eigenvalue weighted by Crippen LogP contribution is -2.48. The molecule has 0 radical (unpaired) electrons. The van der Waals surface area contributed by atoms with Gasteiger partial charge < -0.3 is 14.4 Å². The first kappa shape index (κ1) is 20.5. The summed E-state index contributed by atoms with van der Waals surface area (Å²) in [4.78, 5) is 18.3. The Kier molecular flexibility index (Phi) is 5.92. The van der Waals surface area contributed by atoms with E-state index in [-0.39, 0.29) is 0 Å². The average molecular weight is 393 g/mol. The number of rotatable bonds is 6. The molecule has 0 aliphatic carbocycles. The van der Waals surface area contributed by atoms with Crippen molar-refractivity contribution in [2.24, 2.45) is 0 Å². The van der Waals surface area contributed by atoms with Gasteiger partial charge in [-0.1, -0.05) is 30.3 Å². The zero-order valence-electron chi connectivity index (χ0n) is 17.2. The lowest BCUT2D eigenvalue weighted by molar-refractivity contribution is 0.0663. The Morgan fingerprint density at radius 2 is 1.79 bits per heavy atom. The van der Waals surface area contributed by atoms with Gasteiger partial charge in [0.05, 0.1) is 13.2 Å². The summed E-state index contributed by atoms with van der Waals surface area (Å²) in [6, 6.07) is 17.1. The van der Waals surface area contributed by atoms with Crippen molar-refractivity contribution in [2.75, 3.05) is 7.11 Å². The first-order chi connectivity index (χ1) is 13.8. The molecule has 0 unspecified atom stereocenters. The predicted octanol–water partition coefficient (Wildman–Crippen LogP) is 4.94. The smallest absolute Gasteiger partial charge is 0.408 e.